The molecule has 0 bridgehead atoms. The van der Waals surface area contributed by atoms with Crippen LogP contribution >= 0.6 is 15.9 Å². The van der Waals surface area contributed by atoms with E-state index >= 15 is 0 Å². The number of amides is 1. The average Bonchev–Trinajstić information content (AvgIpc) is 2.82. The molecule has 2 N–H and O–H groups in total. The van der Waals surface area contributed by atoms with E-state index in [1.54, 1.807) is 6.20 Å². The van der Waals surface area contributed by atoms with Gasteiger partial charge in [0.15, 0.2) is 0 Å². The summed E-state index contributed by atoms with van der Waals surface area (Å²) < 4.78 is 0.811. The molecule has 4 nitrogen and oxygen atoms in total. The number of pyridine rings is 1. The molecule has 2 rings (SSSR count). The summed E-state index contributed by atoms with van der Waals surface area (Å²) in [7, 11) is 0. The quantitative estimate of drug-likeness (QED) is 0.899. The first-order valence-electron chi connectivity index (χ1n) is 5.81. The lowest BCUT2D eigenvalue weighted by Gasteiger charge is -2.25. The molecule has 5 heteroatoms. The molecule has 0 radical (unpaired) electrons. The lowest BCUT2D eigenvalue weighted by Crippen LogP contribution is -2.37. The molecule has 1 saturated heterocycles. The molecule has 0 spiro atoms. The van der Waals surface area contributed by atoms with Gasteiger partial charge >= 0.3 is 0 Å². The van der Waals surface area contributed by atoms with Gasteiger partial charge in [-0.3, -0.25) is 4.79 Å². The Balaban J connectivity index is 2.14. The SMILES string of the molecule is CCC1(C(=O)Nc2ncccc2Br)CCNC1. The first-order chi connectivity index (χ1) is 8.18. The van der Waals surface area contributed by atoms with Gasteiger partial charge in [-0.05, 0) is 47.4 Å². The number of carbonyl (C=O) groups is 1. The molecule has 2 heterocycles. The highest BCUT2D eigenvalue weighted by molar-refractivity contribution is 9.10. The molecule has 0 aromatic carbocycles. The van der Waals surface area contributed by atoms with E-state index in [9.17, 15) is 4.79 Å². The molecule has 17 heavy (non-hydrogen) atoms. The van der Waals surface area contributed by atoms with E-state index in [0.717, 1.165) is 30.4 Å². The zero-order valence-corrected chi connectivity index (χ0v) is 11.4. The van der Waals surface area contributed by atoms with Crippen LogP contribution in [0.3, 0.4) is 0 Å². The Morgan fingerprint density at radius 1 is 1.71 bits per heavy atom. The van der Waals surface area contributed by atoms with Crippen LogP contribution in [0.4, 0.5) is 5.82 Å². The maximum Gasteiger partial charge on any atom is 0.233 e. The topological polar surface area (TPSA) is 54.0 Å². The number of nitrogens with one attached hydrogen (secondary N) is 2. The van der Waals surface area contributed by atoms with Gasteiger partial charge < -0.3 is 10.6 Å². The summed E-state index contributed by atoms with van der Waals surface area (Å²) in [6.45, 7) is 3.71. The molecule has 1 aliphatic rings. The van der Waals surface area contributed by atoms with E-state index in [0.29, 0.717) is 5.82 Å². The van der Waals surface area contributed by atoms with Gasteiger partial charge in [0.25, 0.3) is 0 Å². The molecule has 0 aliphatic carbocycles. The highest BCUT2D eigenvalue weighted by Gasteiger charge is 2.39. The van der Waals surface area contributed by atoms with E-state index in [4.69, 9.17) is 0 Å². The van der Waals surface area contributed by atoms with Crippen LogP contribution in [-0.4, -0.2) is 24.0 Å². The first-order valence-corrected chi connectivity index (χ1v) is 6.60. The van der Waals surface area contributed by atoms with Crippen molar-refractivity contribution in [2.45, 2.75) is 19.8 Å². The summed E-state index contributed by atoms with van der Waals surface area (Å²) in [5, 5.41) is 6.16. The summed E-state index contributed by atoms with van der Waals surface area (Å²) in [6, 6.07) is 3.70. The number of halogens is 1. The molecular weight excluding hydrogens is 282 g/mol. The van der Waals surface area contributed by atoms with Gasteiger partial charge in [-0.25, -0.2) is 4.98 Å². The van der Waals surface area contributed by atoms with Crippen molar-refractivity contribution < 1.29 is 4.79 Å². The summed E-state index contributed by atoms with van der Waals surface area (Å²) in [4.78, 5) is 16.5. The lowest BCUT2D eigenvalue weighted by atomic mass is 9.83. The maximum atomic E-state index is 12.3. The molecule has 0 saturated carbocycles. The van der Waals surface area contributed by atoms with Crippen LogP contribution in [0.2, 0.25) is 0 Å². The highest BCUT2D eigenvalue weighted by atomic mass is 79.9. The predicted octanol–water partition coefficient (Wildman–Crippen LogP) is 2.17. The third-order valence-electron chi connectivity index (χ3n) is 3.39. The van der Waals surface area contributed by atoms with Gasteiger partial charge in [-0.2, -0.15) is 0 Å². The van der Waals surface area contributed by atoms with Crippen LogP contribution in [0.5, 0.6) is 0 Å². The Morgan fingerprint density at radius 2 is 2.53 bits per heavy atom. The zero-order chi connectivity index (χ0) is 12.3. The Labute approximate surface area is 109 Å². The number of anilines is 1. The fourth-order valence-corrected chi connectivity index (χ4v) is 2.47. The van der Waals surface area contributed by atoms with Crippen LogP contribution in [0.15, 0.2) is 22.8 Å². The minimum Gasteiger partial charge on any atom is -0.316 e. The Hall–Kier alpha value is -0.940. The molecule has 1 amide bonds. The van der Waals surface area contributed by atoms with E-state index in [2.05, 4.69) is 38.5 Å². The third-order valence-corrected chi connectivity index (χ3v) is 4.03. The molecule has 1 aromatic rings. The van der Waals surface area contributed by atoms with Crippen molar-refractivity contribution in [2.75, 3.05) is 18.4 Å². The van der Waals surface area contributed by atoms with Crippen LogP contribution < -0.4 is 10.6 Å². The van der Waals surface area contributed by atoms with Crippen molar-refractivity contribution in [1.29, 1.82) is 0 Å². The van der Waals surface area contributed by atoms with Gasteiger partial charge in [-0.1, -0.05) is 6.92 Å². The highest BCUT2D eigenvalue weighted by Crippen LogP contribution is 2.31. The number of hydrogen-bond acceptors (Lipinski definition) is 3. The predicted molar refractivity (Wildman–Crippen MR) is 70.8 cm³/mol. The monoisotopic (exact) mass is 297 g/mol. The van der Waals surface area contributed by atoms with Crippen LogP contribution in [0.25, 0.3) is 0 Å². The van der Waals surface area contributed by atoms with Crippen molar-refractivity contribution in [3.05, 3.63) is 22.8 Å². The Kier molecular flexibility index (Phi) is 3.79. The summed E-state index contributed by atoms with van der Waals surface area (Å²) in [5.74, 6) is 0.654. The van der Waals surface area contributed by atoms with Gasteiger partial charge in [0.05, 0.1) is 9.89 Å². The lowest BCUT2D eigenvalue weighted by molar-refractivity contribution is -0.124. The molecule has 92 valence electrons. The fourth-order valence-electron chi connectivity index (χ4n) is 2.12. The fraction of sp³-hybridized carbons (Fsp3) is 0.500. The van der Waals surface area contributed by atoms with Gasteiger partial charge in [0, 0.05) is 12.7 Å². The van der Waals surface area contributed by atoms with Crippen LogP contribution in [0, 0.1) is 5.41 Å². The van der Waals surface area contributed by atoms with Crippen LogP contribution in [-0.2, 0) is 4.79 Å². The van der Waals surface area contributed by atoms with Gasteiger partial charge in [-0.15, -0.1) is 0 Å². The largest absolute Gasteiger partial charge is 0.316 e. The van der Waals surface area contributed by atoms with Crippen molar-refractivity contribution in [3.63, 3.8) is 0 Å². The smallest absolute Gasteiger partial charge is 0.233 e. The van der Waals surface area contributed by atoms with Crippen molar-refractivity contribution in [2.24, 2.45) is 5.41 Å². The maximum absolute atomic E-state index is 12.3. The van der Waals surface area contributed by atoms with E-state index in [1.165, 1.54) is 0 Å². The summed E-state index contributed by atoms with van der Waals surface area (Å²) in [6.07, 6.45) is 3.40. The van der Waals surface area contributed by atoms with Crippen LogP contribution in [0.1, 0.15) is 19.8 Å². The Morgan fingerprint density at radius 3 is 3.12 bits per heavy atom. The number of aromatic nitrogens is 1. The van der Waals surface area contributed by atoms with Crippen molar-refractivity contribution in [3.8, 4) is 0 Å². The van der Waals surface area contributed by atoms with Crippen molar-refractivity contribution >= 4 is 27.7 Å². The minimum absolute atomic E-state index is 0.0596. The number of hydrogen-bond donors (Lipinski definition) is 2. The zero-order valence-electron chi connectivity index (χ0n) is 9.79. The minimum atomic E-state index is -0.281. The number of carbonyl (C=O) groups excluding carboxylic acids is 1. The summed E-state index contributed by atoms with van der Waals surface area (Å²) >= 11 is 3.38. The second kappa shape index (κ2) is 5.14. The van der Waals surface area contributed by atoms with E-state index in [-0.39, 0.29) is 11.3 Å². The number of rotatable bonds is 3. The summed E-state index contributed by atoms with van der Waals surface area (Å²) in [5.41, 5.74) is -0.281. The molecule has 1 fully saturated rings. The molecular formula is C12H16BrN3O. The van der Waals surface area contributed by atoms with Gasteiger partial charge in [0.1, 0.15) is 5.82 Å². The molecule has 1 unspecified atom stereocenters. The molecule has 1 aliphatic heterocycles. The average molecular weight is 298 g/mol. The standard InChI is InChI=1S/C12H16BrN3O/c1-2-12(5-7-14-8-12)11(17)16-10-9(13)4-3-6-15-10/h3-4,6,14H,2,5,7-8H2,1H3,(H,15,16,17). The Bertz CT molecular complexity index is 416. The molecule has 1 aromatic heterocycles. The van der Waals surface area contributed by atoms with E-state index < -0.39 is 0 Å². The second-order valence-electron chi connectivity index (χ2n) is 4.35. The third kappa shape index (κ3) is 2.50. The van der Waals surface area contributed by atoms with Gasteiger partial charge in [0.2, 0.25) is 5.91 Å². The van der Waals surface area contributed by atoms with Crippen molar-refractivity contribution in [1.82, 2.24) is 10.3 Å². The number of nitrogens with zero attached hydrogens (tertiary/aromatic N) is 1. The second-order valence-corrected chi connectivity index (χ2v) is 5.20. The normalized spacial score (nSPS) is 23.6. The molecule has 1 atom stereocenters. The van der Waals surface area contributed by atoms with E-state index in [1.807, 2.05) is 12.1 Å². The first kappa shape index (κ1) is 12.5.